The van der Waals surface area contributed by atoms with Crippen LogP contribution >= 0.6 is 0 Å². The van der Waals surface area contributed by atoms with Gasteiger partial charge < -0.3 is 41.1 Å². The first kappa shape index (κ1) is 32.2. The van der Waals surface area contributed by atoms with Crippen LogP contribution in [0, 0.1) is 0 Å². The van der Waals surface area contributed by atoms with Crippen LogP contribution in [-0.4, -0.2) is 69.4 Å². The van der Waals surface area contributed by atoms with Crippen LogP contribution in [0.15, 0.2) is 36.4 Å². The number of carbonyl (C=O) groups excluding carboxylic acids is 2. The average Bonchev–Trinajstić information content (AvgIpc) is 3.54. The van der Waals surface area contributed by atoms with E-state index in [1.165, 1.54) is 22.5 Å². The zero-order valence-corrected chi connectivity index (χ0v) is 24.8. The number of H-pyrrole nitrogens is 2. The van der Waals surface area contributed by atoms with Crippen LogP contribution in [-0.2, 0) is 44.7 Å². The second-order valence-electron chi connectivity index (χ2n) is 10.7. The third-order valence-corrected chi connectivity index (χ3v) is 7.66. The summed E-state index contributed by atoms with van der Waals surface area (Å²) in [7, 11) is 0. The van der Waals surface area contributed by atoms with Crippen molar-refractivity contribution in [3.8, 4) is 0 Å². The molecule has 0 aliphatic heterocycles. The third kappa shape index (κ3) is 7.44. The maximum absolute atomic E-state index is 11.8. The molecule has 2 heterocycles. The highest BCUT2D eigenvalue weighted by atomic mass is 16.5. The van der Waals surface area contributed by atoms with Gasteiger partial charge in [0.05, 0.1) is 24.3 Å². The molecule has 0 saturated carbocycles. The Kier molecular flexibility index (Phi) is 10.4. The molecule has 2 aromatic carbocycles. The molecule has 0 spiro atoms. The number of fused-ring (bicyclic) bond motifs is 6. The summed E-state index contributed by atoms with van der Waals surface area (Å²) in [5, 5.41) is 17.0. The number of aliphatic carboxylic acids is 2. The molecule has 2 aliphatic rings. The van der Waals surface area contributed by atoms with E-state index in [0.717, 1.165) is 60.3 Å². The van der Waals surface area contributed by atoms with E-state index in [0.29, 0.717) is 24.3 Å². The van der Waals surface area contributed by atoms with Crippen LogP contribution < -0.4 is 11.5 Å². The summed E-state index contributed by atoms with van der Waals surface area (Å²) in [6.07, 6.45) is 5.76. The summed E-state index contributed by atoms with van der Waals surface area (Å²) in [5.74, 6) is -4.18. The number of aromatic amines is 2. The van der Waals surface area contributed by atoms with Gasteiger partial charge in [-0.3, -0.25) is 0 Å². The summed E-state index contributed by atoms with van der Waals surface area (Å²) in [6.45, 7) is 4.42. The summed E-state index contributed by atoms with van der Waals surface area (Å²) in [6, 6.07) is 11.8. The van der Waals surface area contributed by atoms with Crippen molar-refractivity contribution in [1.29, 1.82) is 0 Å². The predicted octanol–water partition coefficient (Wildman–Crippen LogP) is 3.48. The molecule has 12 nitrogen and oxygen atoms in total. The minimum absolute atomic E-state index is 0.220. The number of aryl methyl sites for hydroxylation is 2. The van der Waals surface area contributed by atoms with E-state index in [2.05, 4.69) is 9.97 Å². The lowest BCUT2D eigenvalue weighted by Crippen LogP contribution is -2.27. The number of carboxylic acids is 2. The third-order valence-electron chi connectivity index (χ3n) is 7.66. The maximum atomic E-state index is 11.8. The van der Waals surface area contributed by atoms with Gasteiger partial charge in [-0.25, -0.2) is 19.2 Å². The van der Waals surface area contributed by atoms with E-state index in [9.17, 15) is 9.59 Å². The van der Waals surface area contributed by atoms with Crippen molar-refractivity contribution < 1.29 is 38.9 Å². The van der Waals surface area contributed by atoms with Gasteiger partial charge in [-0.15, -0.1) is 0 Å². The number of carboxylic acid groups (broad SMARTS) is 2. The smallest absolute Gasteiger partial charge is 0.414 e. The lowest BCUT2D eigenvalue weighted by molar-refractivity contribution is -0.159. The number of benzene rings is 2. The van der Waals surface area contributed by atoms with Crippen LogP contribution in [0.25, 0.3) is 21.8 Å². The molecule has 234 valence electrons. The number of nitrogens with two attached hydrogens (primary N) is 2. The monoisotopic (exact) mass is 606 g/mol. The number of carbonyl (C=O) groups is 4. The minimum atomic E-state index is -1.82. The molecule has 0 radical (unpaired) electrons. The number of aromatic nitrogens is 2. The molecule has 2 aromatic heterocycles. The quantitative estimate of drug-likeness (QED) is 0.147. The van der Waals surface area contributed by atoms with E-state index >= 15 is 0 Å². The Labute approximate surface area is 253 Å². The van der Waals surface area contributed by atoms with E-state index in [-0.39, 0.29) is 24.0 Å². The first-order valence-electron chi connectivity index (χ1n) is 14.6. The van der Waals surface area contributed by atoms with Crippen molar-refractivity contribution in [3.63, 3.8) is 0 Å². The highest BCUT2D eigenvalue weighted by Gasteiger charge is 2.22. The Morgan fingerprint density at radius 3 is 1.45 bits per heavy atom. The van der Waals surface area contributed by atoms with Gasteiger partial charge in [0.15, 0.2) is 0 Å². The fraction of sp³-hybridized carbons (Fsp3) is 0.375. The zero-order valence-electron chi connectivity index (χ0n) is 24.8. The van der Waals surface area contributed by atoms with Crippen LogP contribution in [0.1, 0.15) is 69.9 Å². The van der Waals surface area contributed by atoms with Gasteiger partial charge in [0.1, 0.15) is 0 Å². The zero-order chi connectivity index (χ0) is 32.0. The molecular weight excluding hydrogens is 568 g/mol. The summed E-state index contributed by atoms with van der Waals surface area (Å²) in [4.78, 5) is 48.6. The lowest BCUT2D eigenvalue weighted by atomic mass is 9.92. The maximum Gasteiger partial charge on any atom is 0.414 e. The molecule has 0 bridgehead atoms. The Hall–Kier alpha value is -4.68. The number of hydrogen-bond acceptors (Lipinski definition) is 8. The van der Waals surface area contributed by atoms with Crippen LogP contribution in [0.5, 0.6) is 0 Å². The predicted molar refractivity (Wildman–Crippen MR) is 164 cm³/mol. The largest absolute Gasteiger partial charge is 0.473 e. The number of esters is 2. The lowest BCUT2D eigenvalue weighted by Gasteiger charge is -2.18. The normalized spacial score (nSPS) is 16.8. The number of rotatable bonds is 4. The van der Waals surface area contributed by atoms with Crippen LogP contribution in [0.4, 0.5) is 0 Å². The first-order chi connectivity index (χ1) is 21.0. The van der Waals surface area contributed by atoms with Crippen molar-refractivity contribution in [1.82, 2.24) is 9.97 Å². The van der Waals surface area contributed by atoms with E-state index in [4.69, 9.17) is 40.7 Å². The number of hydrogen-bond donors (Lipinski definition) is 6. The minimum Gasteiger partial charge on any atom is -0.473 e. The van der Waals surface area contributed by atoms with Gasteiger partial charge in [0, 0.05) is 45.3 Å². The molecule has 4 aromatic rings. The van der Waals surface area contributed by atoms with E-state index < -0.39 is 11.9 Å². The fourth-order valence-corrected chi connectivity index (χ4v) is 5.57. The van der Waals surface area contributed by atoms with Crippen molar-refractivity contribution >= 4 is 45.7 Å². The van der Waals surface area contributed by atoms with Crippen molar-refractivity contribution in [2.75, 3.05) is 13.2 Å². The van der Waals surface area contributed by atoms with E-state index in [1.54, 1.807) is 0 Å². The van der Waals surface area contributed by atoms with Gasteiger partial charge in [-0.05, 0) is 99.9 Å². The topological polar surface area (TPSA) is 211 Å². The van der Waals surface area contributed by atoms with Crippen LogP contribution in [0.2, 0.25) is 0 Å². The highest BCUT2D eigenvalue weighted by molar-refractivity contribution is 6.27. The summed E-state index contributed by atoms with van der Waals surface area (Å²) >= 11 is 0. The number of nitrogens with one attached hydrogen (secondary N) is 2. The first-order valence-corrected chi connectivity index (χ1v) is 14.6. The molecular formula is C32H38N4O8. The molecule has 2 atom stereocenters. The Bertz CT molecular complexity index is 1560. The summed E-state index contributed by atoms with van der Waals surface area (Å²) < 4.78 is 10.1. The van der Waals surface area contributed by atoms with Gasteiger partial charge in [-0.1, -0.05) is 0 Å². The molecule has 44 heavy (non-hydrogen) atoms. The van der Waals surface area contributed by atoms with Gasteiger partial charge in [-0.2, -0.15) is 0 Å². The second-order valence-corrected chi connectivity index (χ2v) is 10.7. The molecule has 2 aliphatic carbocycles. The molecule has 6 rings (SSSR count). The molecule has 0 saturated heterocycles. The van der Waals surface area contributed by atoms with Gasteiger partial charge in [0.2, 0.25) is 0 Å². The fourth-order valence-electron chi connectivity index (χ4n) is 5.57. The van der Waals surface area contributed by atoms with E-state index in [1.807, 2.05) is 50.2 Å². The number of ether oxygens (including phenoxy) is 2. The standard InChI is InChI=1S/2C15H18N2O2.C2H2O4/c2*1-2-19-15(18)9-3-5-13-11(7-9)12-8-10(16)4-6-14(12)17-13;3-1(4)2(5)6/h2*3,5,7,10,17H,2,4,6,8,16H2,1H3;(H,3,4)(H,5,6). The second kappa shape index (κ2) is 14.2. The van der Waals surface area contributed by atoms with Gasteiger partial charge in [0.25, 0.3) is 0 Å². The highest BCUT2D eigenvalue weighted by Crippen LogP contribution is 2.31. The SMILES string of the molecule is CCOC(=O)c1ccc2[nH]c3c(c2c1)CC(N)CC3.CCOC(=O)c1ccc2[nH]c3c(c2c1)CC(N)CC3.O=C(O)C(=O)O. The molecule has 8 N–H and O–H groups in total. The molecule has 12 heteroatoms. The molecule has 0 amide bonds. The Morgan fingerprint density at radius 1 is 0.727 bits per heavy atom. The average molecular weight is 607 g/mol. The molecule has 0 fully saturated rings. The Balaban J connectivity index is 0.000000170. The summed E-state index contributed by atoms with van der Waals surface area (Å²) in [5.41, 5.74) is 20.5. The van der Waals surface area contributed by atoms with Crippen molar-refractivity contribution in [2.45, 2.75) is 64.5 Å². The molecule has 2 unspecified atom stereocenters. The van der Waals surface area contributed by atoms with Crippen molar-refractivity contribution in [3.05, 3.63) is 70.0 Å². The van der Waals surface area contributed by atoms with Crippen molar-refractivity contribution in [2.24, 2.45) is 11.5 Å². The van der Waals surface area contributed by atoms with Gasteiger partial charge >= 0.3 is 23.9 Å². The van der Waals surface area contributed by atoms with Crippen LogP contribution in [0.3, 0.4) is 0 Å². The Morgan fingerprint density at radius 2 is 1.11 bits per heavy atom.